The summed E-state index contributed by atoms with van der Waals surface area (Å²) in [5.74, 6) is -6.45. The number of aliphatic hydroxyl groups excluding tert-OH is 1. The third kappa shape index (κ3) is 14.0. The molecule has 14 heteroatoms. The average molecular weight is 605 g/mol. The molecule has 0 bridgehead atoms. The highest BCUT2D eigenvalue weighted by molar-refractivity contribution is 5.85. The fourth-order valence-corrected chi connectivity index (χ4v) is 2.95. The molecule has 0 spiro atoms. The summed E-state index contributed by atoms with van der Waals surface area (Å²) in [5.41, 5.74) is 6.24. The summed E-state index contributed by atoms with van der Waals surface area (Å²) in [6.07, 6.45) is -9.06. The number of halogens is 7. The van der Waals surface area contributed by atoms with Gasteiger partial charge in [-0.15, -0.1) is 12.4 Å². The van der Waals surface area contributed by atoms with Crippen LogP contribution >= 0.6 is 12.4 Å². The van der Waals surface area contributed by atoms with Crippen molar-refractivity contribution in [2.24, 2.45) is 17.6 Å². The molecular weight excluding hydrogens is 570 g/mol. The third-order valence-corrected chi connectivity index (χ3v) is 5.56. The Balaban J connectivity index is 0. The number of hydrogen-bond donors (Lipinski definition) is 4. The first-order valence-electron chi connectivity index (χ1n) is 11.6. The number of hydrogen-bond acceptors (Lipinski definition) is 6. The van der Waals surface area contributed by atoms with Gasteiger partial charge in [-0.2, -0.15) is 26.3 Å². The Labute approximate surface area is 235 Å². The molecule has 0 saturated heterocycles. The highest BCUT2D eigenvalue weighted by atomic mass is 35.5. The first-order chi connectivity index (χ1) is 18.1. The quantitative estimate of drug-likeness (QED) is 0.227. The minimum Gasteiger partial charge on any atom is -0.480 e. The normalized spacial score (nSPS) is 14.8. The predicted molar refractivity (Wildman–Crippen MR) is 139 cm³/mol. The van der Waals surface area contributed by atoms with Gasteiger partial charge in [0.2, 0.25) is 0 Å². The Morgan fingerprint density at radius 1 is 0.850 bits per heavy atom. The van der Waals surface area contributed by atoms with E-state index in [1.165, 1.54) is 0 Å². The Morgan fingerprint density at radius 2 is 1.27 bits per heavy atom. The van der Waals surface area contributed by atoms with Crippen molar-refractivity contribution in [2.45, 2.75) is 57.9 Å². The Bertz CT molecular complexity index is 981. The Hall–Kier alpha value is -2.87. The van der Waals surface area contributed by atoms with E-state index in [1.54, 1.807) is 55.5 Å². The van der Waals surface area contributed by atoms with Gasteiger partial charge in [-0.3, -0.25) is 14.9 Å². The van der Waals surface area contributed by atoms with Crippen LogP contribution in [0.2, 0.25) is 0 Å². The highest BCUT2D eigenvalue weighted by Crippen LogP contribution is 2.30. The second kappa shape index (κ2) is 18.5. The van der Waals surface area contributed by atoms with Crippen LogP contribution in [-0.2, 0) is 20.9 Å². The number of aliphatic carboxylic acids is 1. The number of carboxylic acids is 1. The van der Waals surface area contributed by atoms with Crippen LogP contribution in [-0.4, -0.2) is 53.7 Å². The maximum Gasteiger partial charge on any atom is 0.393 e. The van der Waals surface area contributed by atoms with Gasteiger partial charge in [0.15, 0.2) is 0 Å². The van der Waals surface area contributed by atoms with E-state index in [4.69, 9.17) is 20.7 Å². The molecule has 0 radical (unpaired) electrons. The molecule has 0 aromatic heterocycles. The molecule has 2 aromatic rings. The number of nitrogens with one attached hydrogen (secondary N) is 1. The number of ether oxygens (including phenoxy) is 1. The van der Waals surface area contributed by atoms with Gasteiger partial charge in [0, 0.05) is 13.2 Å². The Kier molecular flexibility index (Phi) is 18.1. The van der Waals surface area contributed by atoms with Gasteiger partial charge >= 0.3 is 24.3 Å². The maximum absolute atomic E-state index is 13.2. The average Bonchev–Trinajstić information content (AvgIpc) is 2.90. The summed E-state index contributed by atoms with van der Waals surface area (Å²) >= 11 is 0. The van der Waals surface area contributed by atoms with E-state index in [2.05, 4.69) is 5.32 Å². The molecule has 2 rings (SSSR count). The van der Waals surface area contributed by atoms with Gasteiger partial charge in [0.05, 0.1) is 11.8 Å². The van der Waals surface area contributed by atoms with Crippen molar-refractivity contribution in [3.63, 3.8) is 0 Å². The van der Waals surface area contributed by atoms with Crippen molar-refractivity contribution in [3.05, 3.63) is 71.8 Å². The largest absolute Gasteiger partial charge is 0.480 e. The van der Waals surface area contributed by atoms with E-state index in [-0.39, 0.29) is 19.0 Å². The van der Waals surface area contributed by atoms with Gasteiger partial charge in [-0.25, -0.2) is 0 Å². The van der Waals surface area contributed by atoms with Crippen LogP contribution in [0.15, 0.2) is 60.7 Å². The van der Waals surface area contributed by atoms with Gasteiger partial charge in [0.1, 0.15) is 18.7 Å². The molecule has 2 aromatic carbocycles. The summed E-state index contributed by atoms with van der Waals surface area (Å²) in [7, 11) is 1.00. The van der Waals surface area contributed by atoms with Crippen LogP contribution in [0.5, 0.6) is 0 Å². The summed E-state index contributed by atoms with van der Waals surface area (Å²) in [4.78, 5) is 22.3. The maximum atomic E-state index is 13.2. The van der Waals surface area contributed by atoms with Crippen molar-refractivity contribution >= 4 is 24.3 Å². The highest BCUT2D eigenvalue weighted by Gasteiger charge is 2.45. The number of rotatable bonds is 9. The van der Waals surface area contributed by atoms with Crippen LogP contribution in [0.4, 0.5) is 26.3 Å². The molecule has 0 aliphatic rings. The van der Waals surface area contributed by atoms with Gasteiger partial charge in [0.25, 0.3) is 0 Å². The molecule has 5 N–H and O–H groups in total. The zero-order valence-electron chi connectivity index (χ0n) is 22.2. The lowest BCUT2D eigenvalue weighted by Gasteiger charge is -2.28. The second-order valence-electron chi connectivity index (χ2n) is 8.39. The molecule has 0 saturated carbocycles. The summed E-state index contributed by atoms with van der Waals surface area (Å²) < 4.78 is 80.0. The minimum atomic E-state index is -4.54. The molecule has 7 nitrogen and oxygen atoms in total. The van der Waals surface area contributed by atoms with Crippen LogP contribution in [0.1, 0.15) is 37.9 Å². The fraction of sp³-hybridized carbons (Fsp3) is 0.462. The van der Waals surface area contributed by atoms with E-state index < -0.39 is 54.3 Å². The number of nitrogens with two attached hydrogens (primary N) is 1. The number of alkyl halides is 6. The lowest BCUT2D eigenvalue weighted by molar-refractivity contribution is -0.188. The Morgan fingerprint density at radius 3 is 1.65 bits per heavy atom. The second-order valence-corrected chi connectivity index (χ2v) is 8.39. The van der Waals surface area contributed by atoms with Crippen molar-refractivity contribution in [2.75, 3.05) is 7.11 Å². The molecule has 5 atom stereocenters. The predicted octanol–water partition coefficient (Wildman–Crippen LogP) is 5.27. The number of esters is 1. The van der Waals surface area contributed by atoms with Crippen LogP contribution in [0, 0.1) is 11.8 Å². The number of carbonyl (C=O) groups excluding carboxylic acids is 1. The van der Waals surface area contributed by atoms with Crippen LogP contribution < -0.4 is 11.1 Å². The van der Waals surface area contributed by atoms with Crippen LogP contribution in [0.25, 0.3) is 0 Å². The van der Waals surface area contributed by atoms with Crippen LogP contribution in [0.3, 0.4) is 0 Å². The standard InChI is InChI=1S/C20H22F3NO2.C5H8F3NO2.CH4O.ClH/c1-14(20(21,22)23)18(24-15(2)17-11-7-4-8-12-17)19(25)26-13-16-9-5-3-6-10-16;1-2(5(6,7)8)3(9)4(10)11;1-2;/h3-12,14-15,18,24H,13H2,1-2H3;2-3H,9H2,1H3,(H,10,11);2H,1H3;1H/t14?,15-,18-;2?,3-;;/m00../s1. The first kappa shape index (κ1) is 39.3. The third-order valence-electron chi connectivity index (χ3n) is 5.56. The smallest absolute Gasteiger partial charge is 0.393 e. The van der Waals surface area contributed by atoms with Crippen molar-refractivity contribution in [1.29, 1.82) is 0 Å². The lowest BCUT2D eigenvalue weighted by Crippen LogP contribution is -2.48. The molecule has 0 amide bonds. The van der Waals surface area contributed by atoms with Crippen molar-refractivity contribution in [3.8, 4) is 0 Å². The van der Waals surface area contributed by atoms with E-state index in [0.717, 1.165) is 32.1 Å². The van der Waals surface area contributed by atoms with E-state index in [1.807, 2.05) is 12.1 Å². The molecular formula is C26H35ClF6N2O5. The number of aliphatic hydroxyl groups is 1. The summed E-state index contributed by atoms with van der Waals surface area (Å²) in [6, 6.07) is 14.0. The van der Waals surface area contributed by atoms with Crippen molar-refractivity contribution in [1.82, 2.24) is 5.32 Å². The summed E-state index contributed by atoms with van der Waals surface area (Å²) in [6.45, 7) is 3.37. The molecule has 40 heavy (non-hydrogen) atoms. The molecule has 0 aliphatic carbocycles. The lowest BCUT2D eigenvalue weighted by atomic mass is 9.99. The van der Waals surface area contributed by atoms with Crippen molar-refractivity contribution < 1.29 is 50.9 Å². The topological polar surface area (TPSA) is 122 Å². The summed E-state index contributed by atoms with van der Waals surface area (Å²) in [5, 5.41) is 17.9. The van der Waals surface area contributed by atoms with E-state index in [9.17, 15) is 35.9 Å². The number of benzene rings is 2. The molecule has 2 unspecified atom stereocenters. The molecule has 0 heterocycles. The number of carboxylic acid groups (broad SMARTS) is 1. The van der Waals surface area contributed by atoms with E-state index >= 15 is 0 Å². The number of carbonyl (C=O) groups is 2. The minimum absolute atomic E-state index is 0. The zero-order chi connectivity index (χ0) is 30.4. The fourth-order valence-electron chi connectivity index (χ4n) is 2.95. The zero-order valence-corrected chi connectivity index (χ0v) is 23.1. The van der Waals surface area contributed by atoms with Gasteiger partial charge < -0.3 is 20.7 Å². The van der Waals surface area contributed by atoms with Gasteiger partial charge in [-0.05, 0) is 18.1 Å². The molecule has 0 fully saturated rings. The van der Waals surface area contributed by atoms with E-state index in [0.29, 0.717) is 0 Å². The molecule has 228 valence electrons. The first-order valence-corrected chi connectivity index (χ1v) is 11.6. The monoisotopic (exact) mass is 604 g/mol. The molecule has 0 aliphatic heterocycles. The van der Waals surface area contributed by atoms with Gasteiger partial charge in [-0.1, -0.05) is 74.5 Å². The SMILES string of the molecule is CC([C@H](N)C(=O)O)C(F)(F)F.CC([C@H](N[C@@H](C)c1ccccc1)C(=O)OCc1ccccc1)C(F)(F)F.CO.Cl.